The third-order valence-electron chi connectivity index (χ3n) is 2.78. The van der Waals surface area contributed by atoms with Crippen molar-refractivity contribution in [3.63, 3.8) is 0 Å². The zero-order valence-corrected chi connectivity index (χ0v) is 11.1. The summed E-state index contributed by atoms with van der Waals surface area (Å²) in [5.41, 5.74) is 1.67. The van der Waals surface area contributed by atoms with E-state index in [9.17, 15) is 4.79 Å². The first-order valence-corrected chi connectivity index (χ1v) is 6.49. The van der Waals surface area contributed by atoms with E-state index in [-0.39, 0.29) is 5.91 Å². The third kappa shape index (κ3) is 3.84. The van der Waals surface area contributed by atoms with Gasteiger partial charge in [0, 0.05) is 19.3 Å². The standard InChI is InChI=1S/C12H16N2O.C2H6/c1-10-5-6-13-11(9-10)12(15)14-7-3-2-4-8-14;1-2/h5-6,9H,2-4,7-8H2,1H3;1-2H3. The van der Waals surface area contributed by atoms with Crippen molar-refractivity contribution in [1.82, 2.24) is 9.88 Å². The Morgan fingerprint density at radius 2 is 1.88 bits per heavy atom. The minimum absolute atomic E-state index is 0.0819. The molecule has 0 bridgehead atoms. The molecule has 0 atom stereocenters. The first-order valence-electron chi connectivity index (χ1n) is 6.49. The highest BCUT2D eigenvalue weighted by atomic mass is 16.2. The molecule has 3 nitrogen and oxygen atoms in total. The van der Waals surface area contributed by atoms with Crippen LogP contribution in [0.1, 0.15) is 49.2 Å². The summed E-state index contributed by atoms with van der Waals surface area (Å²) in [4.78, 5) is 18.0. The molecular formula is C14H22N2O. The van der Waals surface area contributed by atoms with Crippen LogP contribution in [0.15, 0.2) is 18.3 Å². The van der Waals surface area contributed by atoms with E-state index in [1.807, 2.05) is 37.8 Å². The summed E-state index contributed by atoms with van der Waals surface area (Å²) in [6.45, 7) is 7.75. The molecule has 0 saturated carbocycles. The van der Waals surface area contributed by atoms with Gasteiger partial charge in [-0.3, -0.25) is 9.78 Å². The molecule has 1 fully saturated rings. The van der Waals surface area contributed by atoms with Crippen molar-refractivity contribution in [1.29, 1.82) is 0 Å². The van der Waals surface area contributed by atoms with Crippen LogP contribution in [-0.4, -0.2) is 28.9 Å². The predicted octanol–water partition coefficient (Wildman–Crippen LogP) is 3.04. The van der Waals surface area contributed by atoms with Crippen LogP contribution in [0.25, 0.3) is 0 Å². The van der Waals surface area contributed by atoms with Gasteiger partial charge in [0.15, 0.2) is 0 Å². The van der Waals surface area contributed by atoms with Crippen molar-refractivity contribution in [2.45, 2.75) is 40.0 Å². The summed E-state index contributed by atoms with van der Waals surface area (Å²) in [5, 5.41) is 0. The van der Waals surface area contributed by atoms with Crippen LogP contribution in [0, 0.1) is 6.92 Å². The lowest BCUT2D eigenvalue weighted by Crippen LogP contribution is -2.36. The molecule has 0 unspecified atom stereocenters. The summed E-state index contributed by atoms with van der Waals surface area (Å²) >= 11 is 0. The number of nitrogens with zero attached hydrogens (tertiary/aromatic N) is 2. The van der Waals surface area contributed by atoms with Gasteiger partial charge in [-0.25, -0.2) is 0 Å². The van der Waals surface area contributed by atoms with Crippen molar-refractivity contribution >= 4 is 5.91 Å². The molecule has 0 N–H and O–H groups in total. The smallest absolute Gasteiger partial charge is 0.272 e. The Morgan fingerprint density at radius 1 is 1.24 bits per heavy atom. The summed E-state index contributed by atoms with van der Waals surface area (Å²) < 4.78 is 0. The van der Waals surface area contributed by atoms with Gasteiger partial charge in [-0.2, -0.15) is 0 Å². The van der Waals surface area contributed by atoms with Gasteiger partial charge >= 0.3 is 0 Å². The van der Waals surface area contributed by atoms with E-state index in [0.717, 1.165) is 31.5 Å². The normalized spacial score (nSPS) is 14.9. The molecule has 0 radical (unpaired) electrons. The maximum Gasteiger partial charge on any atom is 0.272 e. The lowest BCUT2D eigenvalue weighted by atomic mass is 10.1. The highest BCUT2D eigenvalue weighted by Crippen LogP contribution is 2.12. The number of carbonyl (C=O) groups is 1. The average molecular weight is 234 g/mol. The molecule has 0 aliphatic carbocycles. The van der Waals surface area contributed by atoms with Crippen LogP contribution in [-0.2, 0) is 0 Å². The van der Waals surface area contributed by atoms with E-state index in [4.69, 9.17) is 0 Å². The second kappa shape index (κ2) is 7.05. The minimum atomic E-state index is 0.0819. The number of piperidine rings is 1. The highest BCUT2D eigenvalue weighted by Gasteiger charge is 2.18. The molecule has 2 rings (SSSR count). The zero-order valence-electron chi connectivity index (χ0n) is 11.1. The molecule has 1 amide bonds. The highest BCUT2D eigenvalue weighted by molar-refractivity contribution is 5.92. The molecule has 94 valence electrons. The maximum atomic E-state index is 12.0. The Hall–Kier alpha value is -1.38. The molecule has 1 saturated heterocycles. The first kappa shape index (κ1) is 13.7. The van der Waals surface area contributed by atoms with E-state index in [1.165, 1.54) is 6.42 Å². The van der Waals surface area contributed by atoms with Crippen LogP contribution < -0.4 is 0 Å². The number of amides is 1. The van der Waals surface area contributed by atoms with E-state index in [0.29, 0.717) is 5.69 Å². The number of likely N-dealkylation sites (tertiary alicyclic amines) is 1. The van der Waals surface area contributed by atoms with Gasteiger partial charge in [0.25, 0.3) is 5.91 Å². The molecule has 2 heterocycles. The second-order valence-corrected chi connectivity index (χ2v) is 4.07. The molecule has 1 aromatic heterocycles. The topological polar surface area (TPSA) is 33.2 Å². The van der Waals surface area contributed by atoms with Crippen molar-refractivity contribution in [2.75, 3.05) is 13.1 Å². The van der Waals surface area contributed by atoms with E-state index < -0.39 is 0 Å². The molecule has 1 aliphatic rings. The van der Waals surface area contributed by atoms with Crippen LogP contribution in [0.2, 0.25) is 0 Å². The molecule has 3 heteroatoms. The lowest BCUT2D eigenvalue weighted by molar-refractivity contribution is 0.0718. The lowest BCUT2D eigenvalue weighted by Gasteiger charge is -2.26. The third-order valence-corrected chi connectivity index (χ3v) is 2.78. The van der Waals surface area contributed by atoms with Crippen molar-refractivity contribution in [3.8, 4) is 0 Å². The Labute approximate surface area is 104 Å². The van der Waals surface area contributed by atoms with Gasteiger partial charge in [-0.05, 0) is 43.9 Å². The quantitative estimate of drug-likeness (QED) is 0.748. The Bertz CT molecular complexity index is 357. The number of hydrogen-bond acceptors (Lipinski definition) is 2. The van der Waals surface area contributed by atoms with Crippen molar-refractivity contribution in [3.05, 3.63) is 29.6 Å². The number of hydrogen-bond donors (Lipinski definition) is 0. The molecule has 1 aliphatic heterocycles. The largest absolute Gasteiger partial charge is 0.337 e. The Kier molecular flexibility index (Phi) is 5.67. The number of pyridine rings is 1. The van der Waals surface area contributed by atoms with Gasteiger partial charge in [0.05, 0.1) is 0 Å². The number of aryl methyl sites for hydroxylation is 1. The summed E-state index contributed by atoms with van der Waals surface area (Å²) in [6.07, 6.45) is 5.19. The minimum Gasteiger partial charge on any atom is -0.337 e. The van der Waals surface area contributed by atoms with Gasteiger partial charge in [0.1, 0.15) is 5.69 Å². The fraction of sp³-hybridized carbons (Fsp3) is 0.571. The van der Waals surface area contributed by atoms with Gasteiger partial charge in [0.2, 0.25) is 0 Å². The van der Waals surface area contributed by atoms with Crippen LogP contribution >= 0.6 is 0 Å². The van der Waals surface area contributed by atoms with Gasteiger partial charge in [-0.15, -0.1) is 0 Å². The number of aromatic nitrogens is 1. The molecular weight excluding hydrogens is 212 g/mol. The monoisotopic (exact) mass is 234 g/mol. The second-order valence-electron chi connectivity index (χ2n) is 4.07. The molecule has 1 aromatic rings. The van der Waals surface area contributed by atoms with Crippen molar-refractivity contribution < 1.29 is 4.79 Å². The molecule has 17 heavy (non-hydrogen) atoms. The van der Waals surface area contributed by atoms with E-state index >= 15 is 0 Å². The first-order chi connectivity index (χ1) is 8.27. The number of carbonyl (C=O) groups excluding carboxylic acids is 1. The van der Waals surface area contributed by atoms with Crippen LogP contribution in [0.5, 0.6) is 0 Å². The Morgan fingerprint density at radius 3 is 2.47 bits per heavy atom. The fourth-order valence-electron chi connectivity index (χ4n) is 1.91. The van der Waals surface area contributed by atoms with Crippen LogP contribution in [0.3, 0.4) is 0 Å². The summed E-state index contributed by atoms with van der Waals surface area (Å²) in [7, 11) is 0. The molecule has 0 aromatic carbocycles. The zero-order chi connectivity index (χ0) is 12.7. The average Bonchev–Trinajstić information content (AvgIpc) is 2.41. The van der Waals surface area contributed by atoms with Crippen molar-refractivity contribution in [2.24, 2.45) is 0 Å². The summed E-state index contributed by atoms with van der Waals surface area (Å²) in [5.74, 6) is 0.0819. The SMILES string of the molecule is CC.Cc1ccnc(C(=O)N2CCCCC2)c1. The van der Waals surface area contributed by atoms with E-state index in [2.05, 4.69) is 4.98 Å². The molecule has 0 spiro atoms. The fourth-order valence-corrected chi connectivity index (χ4v) is 1.91. The van der Waals surface area contributed by atoms with Crippen LogP contribution in [0.4, 0.5) is 0 Å². The number of rotatable bonds is 1. The van der Waals surface area contributed by atoms with Gasteiger partial charge in [-0.1, -0.05) is 13.8 Å². The predicted molar refractivity (Wildman–Crippen MR) is 70.1 cm³/mol. The Balaban J connectivity index is 0.000000686. The van der Waals surface area contributed by atoms with Gasteiger partial charge < -0.3 is 4.90 Å². The van der Waals surface area contributed by atoms with E-state index in [1.54, 1.807) is 6.20 Å². The summed E-state index contributed by atoms with van der Waals surface area (Å²) in [6, 6.07) is 3.77. The maximum absolute atomic E-state index is 12.0.